The van der Waals surface area contributed by atoms with Gasteiger partial charge in [0.1, 0.15) is 5.60 Å². The van der Waals surface area contributed by atoms with Crippen molar-refractivity contribution in [3.05, 3.63) is 0 Å². The zero-order valence-electron chi connectivity index (χ0n) is 17.3. The summed E-state index contributed by atoms with van der Waals surface area (Å²) < 4.78 is 5.42. The van der Waals surface area contributed by atoms with Gasteiger partial charge in [-0.15, -0.1) is 24.0 Å². The van der Waals surface area contributed by atoms with E-state index in [1.54, 1.807) is 4.90 Å². The van der Waals surface area contributed by atoms with Gasteiger partial charge in [0, 0.05) is 32.7 Å². The molecular formula is C19H38IN5O2. The number of piperazine rings is 1. The molecular weight excluding hydrogens is 457 g/mol. The average molecular weight is 495 g/mol. The van der Waals surface area contributed by atoms with E-state index in [0.717, 1.165) is 19.5 Å². The molecule has 158 valence electrons. The maximum absolute atomic E-state index is 12.1. The summed E-state index contributed by atoms with van der Waals surface area (Å²) in [6.45, 7) is 12.7. The van der Waals surface area contributed by atoms with E-state index in [9.17, 15) is 4.79 Å². The summed E-state index contributed by atoms with van der Waals surface area (Å²) in [7, 11) is 0. The zero-order valence-corrected chi connectivity index (χ0v) is 19.6. The van der Waals surface area contributed by atoms with Crippen LogP contribution in [0.4, 0.5) is 4.79 Å². The molecule has 0 radical (unpaired) electrons. The second-order valence-electron chi connectivity index (χ2n) is 8.30. The number of hydrogen-bond acceptors (Lipinski definition) is 4. The number of guanidine groups is 1. The highest BCUT2D eigenvalue weighted by molar-refractivity contribution is 14.0. The molecule has 0 bridgehead atoms. The summed E-state index contributed by atoms with van der Waals surface area (Å²) in [5.41, 5.74) is 5.69. The Hall–Kier alpha value is -0.770. The van der Waals surface area contributed by atoms with Crippen molar-refractivity contribution < 1.29 is 9.53 Å². The Balaban J connectivity index is 0.00000364. The Kier molecular flexibility index (Phi) is 10.7. The lowest BCUT2D eigenvalue weighted by Gasteiger charge is -2.36. The van der Waals surface area contributed by atoms with E-state index in [0.29, 0.717) is 32.1 Å². The molecule has 2 aliphatic heterocycles. The lowest BCUT2D eigenvalue weighted by molar-refractivity contribution is 0.0186. The van der Waals surface area contributed by atoms with Crippen LogP contribution in [0.3, 0.4) is 0 Å². The zero-order chi connectivity index (χ0) is 19.0. The van der Waals surface area contributed by atoms with Crippen LogP contribution in [-0.4, -0.2) is 84.7 Å². The monoisotopic (exact) mass is 495 g/mol. The van der Waals surface area contributed by atoms with Gasteiger partial charge in [0.15, 0.2) is 5.96 Å². The first kappa shape index (κ1) is 24.3. The normalized spacial score (nSPS) is 20.0. The third-order valence-electron chi connectivity index (χ3n) is 4.86. The van der Waals surface area contributed by atoms with Crippen LogP contribution in [0.1, 0.15) is 52.9 Å². The lowest BCUT2D eigenvalue weighted by Crippen LogP contribution is -2.53. The van der Waals surface area contributed by atoms with Crippen LogP contribution in [0.25, 0.3) is 0 Å². The minimum absolute atomic E-state index is 0. The molecule has 2 N–H and O–H groups in total. The maximum Gasteiger partial charge on any atom is 0.410 e. The number of halogens is 1. The van der Waals surface area contributed by atoms with Crippen LogP contribution in [0.2, 0.25) is 0 Å². The first-order chi connectivity index (χ1) is 12.3. The number of rotatable bonds is 4. The van der Waals surface area contributed by atoms with Crippen molar-refractivity contribution in [3.63, 3.8) is 0 Å². The molecule has 2 saturated heterocycles. The van der Waals surface area contributed by atoms with Crippen molar-refractivity contribution in [2.45, 2.75) is 58.5 Å². The Labute approximate surface area is 181 Å². The van der Waals surface area contributed by atoms with Crippen LogP contribution in [0.15, 0.2) is 4.99 Å². The van der Waals surface area contributed by atoms with Crippen molar-refractivity contribution in [3.8, 4) is 0 Å². The number of carbonyl (C=O) groups excluding carboxylic acids is 1. The molecule has 0 spiro atoms. The molecule has 1 amide bonds. The predicted octanol–water partition coefficient (Wildman–Crippen LogP) is 2.74. The van der Waals surface area contributed by atoms with E-state index in [1.165, 1.54) is 38.8 Å². The molecule has 2 rings (SSSR count). The topological polar surface area (TPSA) is 74.4 Å². The fraction of sp³-hybridized carbons (Fsp3) is 0.895. The van der Waals surface area contributed by atoms with Gasteiger partial charge in [-0.2, -0.15) is 0 Å². The predicted molar refractivity (Wildman–Crippen MR) is 121 cm³/mol. The van der Waals surface area contributed by atoms with Gasteiger partial charge in [0.05, 0.1) is 0 Å². The summed E-state index contributed by atoms with van der Waals surface area (Å²) >= 11 is 0. The number of carbonyl (C=O) groups is 1. The highest BCUT2D eigenvalue weighted by Crippen LogP contribution is 2.12. The van der Waals surface area contributed by atoms with Gasteiger partial charge < -0.3 is 25.2 Å². The molecule has 8 heteroatoms. The van der Waals surface area contributed by atoms with Gasteiger partial charge in [-0.1, -0.05) is 12.8 Å². The molecule has 0 aromatic heterocycles. The summed E-state index contributed by atoms with van der Waals surface area (Å²) in [6, 6.07) is 0. The number of hydrogen-bond donors (Lipinski definition) is 1. The van der Waals surface area contributed by atoms with E-state index in [-0.39, 0.29) is 30.1 Å². The summed E-state index contributed by atoms with van der Waals surface area (Å²) in [4.78, 5) is 23.0. The van der Waals surface area contributed by atoms with Crippen LogP contribution >= 0.6 is 24.0 Å². The Bertz CT molecular complexity index is 465. The fourth-order valence-electron chi connectivity index (χ4n) is 3.39. The van der Waals surface area contributed by atoms with Crippen LogP contribution in [-0.2, 0) is 4.74 Å². The molecule has 0 aliphatic carbocycles. The SMILES string of the molecule is CC(C)(C)OC(=O)N1CCN(C(N)=NCCCN2CCCCCC2)CC1.I. The number of likely N-dealkylation sites (tertiary alicyclic amines) is 1. The molecule has 7 nitrogen and oxygen atoms in total. The number of ether oxygens (including phenoxy) is 1. The molecule has 2 fully saturated rings. The largest absolute Gasteiger partial charge is 0.444 e. The second kappa shape index (κ2) is 11.9. The molecule has 0 atom stereocenters. The minimum Gasteiger partial charge on any atom is -0.444 e. The van der Waals surface area contributed by atoms with E-state index < -0.39 is 5.60 Å². The standard InChI is InChI=1S/C19H37N5O2.HI/c1-19(2,3)26-18(25)24-15-13-23(14-16-24)17(20)21-9-8-12-22-10-6-4-5-7-11-22;/h4-16H2,1-3H3,(H2,20,21);1H. The average Bonchev–Trinajstić information content (AvgIpc) is 2.86. The van der Waals surface area contributed by atoms with E-state index in [2.05, 4.69) is 14.8 Å². The number of amides is 1. The van der Waals surface area contributed by atoms with Crippen molar-refractivity contribution in [1.82, 2.24) is 14.7 Å². The van der Waals surface area contributed by atoms with Gasteiger partial charge >= 0.3 is 6.09 Å². The van der Waals surface area contributed by atoms with Crippen molar-refractivity contribution in [1.29, 1.82) is 0 Å². The van der Waals surface area contributed by atoms with Crippen LogP contribution in [0, 0.1) is 0 Å². The van der Waals surface area contributed by atoms with Crippen molar-refractivity contribution in [2.24, 2.45) is 10.7 Å². The van der Waals surface area contributed by atoms with E-state index in [4.69, 9.17) is 10.5 Å². The Morgan fingerprint density at radius 1 is 0.963 bits per heavy atom. The Morgan fingerprint density at radius 2 is 1.52 bits per heavy atom. The molecule has 27 heavy (non-hydrogen) atoms. The van der Waals surface area contributed by atoms with Gasteiger partial charge in [0.25, 0.3) is 0 Å². The molecule has 0 unspecified atom stereocenters. The smallest absolute Gasteiger partial charge is 0.410 e. The molecule has 2 aliphatic rings. The molecule has 0 aromatic rings. The first-order valence-corrected chi connectivity index (χ1v) is 10.1. The third kappa shape index (κ3) is 9.32. The highest BCUT2D eigenvalue weighted by Gasteiger charge is 2.26. The number of nitrogens with two attached hydrogens (primary N) is 1. The number of nitrogens with zero attached hydrogens (tertiary/aromatic N) is 4. The maximum atomic E-state index is 12.1. The third-order valence-corrected chi connectivity index (χ3v) is 4.86. The summed E-state index contributed by atoms with van der Waals surface area (Å²) in [5.74, 6) is 0.602. The first-order valence-electron chi connectivity index (χ1n) is 10.1. The van der Waals surface area contributed by atoms with Crippen molar-refractivity contribution in [2.75, 3.05) is 52.4 Å². The van der Waals surface area contributed by atoms with Crippen LogP contribution in [0.5, 0.6) is 0 Å². The minimum atomic E-state index is -0.456. The summed E-state index contributed by atoms with van der Waals surface area (Å²) in [5, 5.41) is 0. The quantitative estimate of drug-likeness (QED) is 0.281. The fourth-order valence-corrected chi connectivity index (χ4v) is 3.39. The van der Waals surface area contributed by atoms with Gasteiger partial charge in [-0.05, 0) is 59.7 Å². The van der Waals surface area contributed by atoms with Gasteiger partial charge in [-0.3, -0.25) is 4.99 Å². The lowest BCUT2D eigenvalue weighted by atomic mass is 10.2. The van der Waals surface area contributed by atoms with Crippen molar-refractivity contribution >= 4 is 36.0 Å². The summed E-state index contributed by atoms with van der Waals surface area (Å²) in [6.07, 6.45) is 6.21. The van der Waals surface area contributed by atoms with Crippen LogP contribution < -0.4 is 5.73 Å². The van der Waals surface area contributed by atoms with Gasteiger partial charge in [-0.25, -0.2) is 4.79 Å². The highest BCUT2D eigenvalue weighted by atomic mass is 127. The second-order valence-corrected chi connectivity index (χ2v) is 8.30. The van der Waals surface area contributed by atoms with E-state index >= 15 is 0 Å². The molecule has 2 heterocycles. The molecule has 0 saturated carbocycles. The van der Waals surface area contributed by atoms with Gasteiger partial charge in [0.2, 0.25) is 0 Å². The number of aliphatic imine (C=N–C) groups is 1. The molecule has 0 aromatic carbocycles. The Morgan fingerprint density at radius 3 is 2.07 bits per heavy atom. The van der Waals surface area contributed by atoms with E-state index in [1.807, 2.05) is 20.8 Å².